The van der Waals surface area contributed by atoms with Gasteiger partial charge < -0.3 is 0 Å². The molecule has 1 nitrogen and oxygen atoms in total. The van der Waals surface area contributed by atoms with E-state index in [1.54, 1.807) is 0 Å². The molecule has 0 heterocycles. The fraction of sp³-hybridized carbons (Fsp3) is 0.0769. The summed E-state index contributed by atoms with van der Waals surface area (Å²) in [5.41, 5.74) is 2.28. The van der Waals surface area contributed by atoms with Gasteiger partial charge >= 0.3 is 95.9 Å². The third-order valence-electron chi connectivity index (χ3n) is 2.34. The monoisotopic (exact) mass is 258 g/mol. The van der Waals surface area contributed by atoms with Gasteiger partial charge in [0.2, 0.25) is 0 Å². The predicted molar refractivity (Wildman–Crippen MR) is 61.2 cm³/mol. The Morgan fingerprint density at radius 2 is 1.13 bits per heavy atom. The fourth-order valence-electron chi connectivity index (χ4n) is 1.58. The maximum absolute atomic E-state index is 11.3. The molecule has 2 aromatic carbocycles. The summed E-state index contributed by atoms with van der Waals surface area (Å²) in [4.78, 5) is 0. The number of hydrogen-bond acceptors (Lipinski definition) is 1. The van der Waals surface area contributed by atoms with Gasteiger partial charge in [-0.1, -0.05) is 0 Å². The van der Waals surface area contributed by atoms with Gasteiger partial charge in [-0.15, -0.1) is 0 Å². The van der Waals surface area contributed by atoms with Gasteiger partial charge in [-0.3, -0.25) is 0 Å². The van der Waals surface area contributed by atoms with Crippen LogP contribution in [0.5, 0.6) is 0 Å². The molecule has 0 aliphatic heterocycles. The molecule has 0 bridgehead atoms. The van der Waals surface area contributed by atoms with Gasteiger partial charge in [0.25, 0.3) is 0 Å². The van der Waals surface area contributed by atoms with Crippen LogP contribution in [-0.4, -0.2) is 15.7 Å². The van der Waals surface area contributed by atoms with Crippen LogP contribution in [0.3, 0.4) is 0 Å². The Bertz CT molecular complexity index is 385. The van der Waals surface area contributed by atoms with Gasteiger partial charge in [0.05, 0.1) is 0 Å². The summed E-state index contributed by atoms with van der Waals surface area (Å²) in [5.74, 6) is 0. The zero-order valence-corrected chi connectivity index (χ0v) is 10.1. The Balaban J connectivity index is 2.38. The molecule has 0 aromatic heterocycles. The molecule has 74 valence electrons. The third-order valence-corrected chi connectivity index (χ3v) is 4.03. The molecule has 0 saturated carbocycles. The first kappa shape index (κ1) is 10.3. The Morgan fingerprint density at radius 3 is 1.47 bits per heavy atom. The number of benzene rings is 2. The summed E-state index contributed by atoms with van der Waals surface area (Å²) < 4.78 is 11.4. The summed E-state index contributed by atoms with van der Waals surface area (Å²) >= 11 is -0.924. The molecular formula is C13H11AsO. The molecule has 0 aliphatic carbocycles. The minimum absolute atomic E-state index is 0.0728. The molecule has 0 unspecified atom stereocenters. The Labute approximate surface area is 96.1 Å². The maximum atomic E-state index is 11.3. The van der Waals surface area contributed by atoms with E-state index in [1.165, 1.54) is 0 Å². The van der Waals surface area contributed by atoms with E-state index >= 15 is 0 Å². The van der Waals surface area contributed by atoms with Crippen LogP contribution in [0.1, 0.15) is 15.8 Å². The third kappa shape index (κ3) is 2.43. The average Bonchev–Trinajstić information content (AvgIpc) is 2.33. The normalized spacial score (nSPS) is 10.7. The van der Waals surface area contributed by atoms with Crippen LogP contribution in [0.2, 0.25) is 0 Å². The second kappa shape index (κ2) is 5.04. The molecule has 0 spiro atoms. The van der Waals surface area contributed by atoms with Gasteiger partial charge in [0.15, 0.2) is 0 Å². The van der Waals surface area contributed by atoms with E-state index in [-0.39, 0.29) is 4.71 Å². The quantitative estimate of drug-likeness (QED) is 0.774. The molecule has 0 radical (unpaired) electrons. The van der Waals surface area contributed by atoms with Crippen LogP contribution in [-0.2, 0) is 3.74 Å². The SMILES string of the molecule is O=[As]C(c1ccccc1)c1ccccc1. The van der Waals surface area contributed by atoms with E-state index in [1.807, 2.05) is 60.7 Å². The topological polar surface area (TPSA) is 17.1 Å². The van der Waals surface area contributed by atoms with Crippen molar-refractivity contribution < 1.29 is 3.74 Å². The Hall–Kier alpha value is -1.20. The first-order chi connectivity index (χ1) is 7.42. The van der Waals surface area contributed by atoms with Crippen molar-refractivity contribution in [3.63, 3.8) is 0 Å². The van der Waals surface area contributed by atoms with Crippen LogP contribution in [0.25, 0.3) is 0 Å². The van der Waals surface area contributed by atoms with Crippen molar-refractivity contribution >= 4 is 15.7 Å². The van der Waals surface area contributed by atoms with Crippen molar-refractivity contribution in [3.05, 3.63) is 71.8 Å². The molecular weight excluding hydrogens is 247 g/mol. The zero-order valence-electron chi connectivity index (χ0n) is 8.21. The molecule has 0 amide bonds. The molecule has 0 fully saturated rings. The summed E-state index contributed by atoms with van der Waals surface area (Å²) in [6.45, 7) is 0. The van der Waals surface area contributed by atoms with Crippen LogP contribution in [0.15, 0.2) is 60.7 Å². The van der Waals surface area contributed by atoms with Gasteiger partial charge in [0.1, 0.15) is 0 Å². The van der Waals surface area contributed by atoms with E-state index in [0.717, 1.165) is 11.1 Å². The molecule has 2 rings (SSSR count). The van der Waals surface area contributed by atoms with Crippen molar-refractivity contribution in [3.8, 4) is 0 Å². The van der Waals surface area contributed by atoms with Gasteiger partial charge in [0, 0.05) is 0 Å². The first-order valence-corrected chi connectivity index (χ1v) is 6.69. The van der Waals surface area contributed by atoms with E-state index in [4.69, 9.17) is 0 Å². The van der Waals surface area contributed by atoms with Gasteiger partial charge in [-0.2, -0.15) is 0 Å². The van der Waals surface area contributed by atoms with Crippen LogP contribution in [0, 0.1) is 0 Å². The van der Waals surface area contributed by atoms with Crippen molar-refractivity contribution in [1.29, 1.82) is 0 Å². The van der Waals surface area contributed by atoms with E-state index in [0.29, 0.717) is 0 Å². The standard InChI is InChI=1S/C13H11AsO/c15-14-13(11-7-3-1-4-8-11)12-9-5-2-6-10-12/h1-10,13H. The van der Waals surface area contributed by atoms with E-state index < -0.39 is 15.7 Å². The van der Waals surface area contributed by atoms with Crippen LogP contribution in [0.4, 0.5) is 0 Å². The average molecular weight is 258 g/mol. The fourth-order valence-corrected chi connectivity index (χ4v) is 2.82. The summed E-state index contributed by atoms with van der Waals surface area (Å²) in [7, 11) is 0. The second-order valence-electron chi connectivity index (χ2n) is 3.33. The van der Waals surface area contributed by atoms with Gasteiger partial charge in [-0.05, 0) is 0 Å². The molecule has 0 atom stereocenters. The van der Waals surface area contributed by atoms with Gasteiger partial charge in [-0.25, -0.2) is 0 Å². The summed E-state index contributed by atoms with van der Waals surface area (Å²) in [6, 6.07) is 20.0. The molecule has 2 heteroatoms. The van der Waals surface area contributed by atoms with Crippen LogP contribution >= 0.6 is 0 Å². The predicted octanol–water partition coefficient (Wildman–Crippen LogP) is 2.83. The van der Waals surface area contributed by atoms with Crippen molar-refractivity contribution in [2.24, 2.45) is 0 Å². The molecule has 15 heavy (non-hydrogen) atoms. The van der Waals surface area contributed by atoms with E-state index in [9.17, 15) is 3.74 Å². The summed E-state index contributed by atoms with van der Waals surface area (Å²) in [5, 5.41) is 0. The Kier molecular flexibility index (Phi) is 3.47. The molecule has 2 aromatic rings. The first-order valence-electron chi connectivity index (χ1n) is 4.84. The van der Waals surface area contributed by atoms with Crippen molar-refractivity contribution in [2.45, 2.75) is 4.71 Å². The minimum atomic E-state index is -0.924. The van der Waals surface area contributed by atoms with Crippen molar-refractivity contribution in [2.75, 3.05) is 0 Å². The van der Waals surface area contributed by atoms with Crippen molar-refractivity contribution in [1.82, 2.24) is 0 Å². The second-order valence-corrected chi connectivity index (χ2v) is 4.86. The molecule has 0 aliphatic rings. The Morgan fingerprint density at radius 1 is 0.733 bits per heavy atom. The summed E-state index contributed by atoms with van der Waals surface area (Å²) in [6.07, 6.45) is 0. The zero-order chi connectivity index (χ0) is 10.5. The van der Waals surface area contributed by atoms with Crippen LogP contribution < -0.4 is 0 Å². The molecule has 0 saturated heterocycles. The molecule has 0 N–H and O–H groups in total. The number of rotatable bonds is 3. The number of hydrogen-bond donors (Lipinski definition) is 0. The van der Waals surface area contributed by atoms with E-state index in [2.05, 4.69) is 0 Å².